The lowest BCUT2D eigenvalue weighted by Crippen LogP contribution is -2.22. The van der Waals surface area contributed by atoms with Gasteiger partial charge in [0, 0.05) is 18.3 Å². The van der Waals surface area contributed by atoms with Crippen LogP contribution in [0.1, 0.15) is 41.8 Å². The minimum atomic E-state index is 0.538. The van der Waals surface area contributed by atoms with Gasteiger partial charge in [0.05, 0.1) is 22.9 Å². The van der Waals surface area contributed by atoms with E-state index in [2.05, 4.69) is 22.9 Å². The average molecular weight is 298 g/mol. The summed E-state index contributed by atoms with van der Waals surface area (Å²) in [6, 6.07) is 8.19. The van der Waals surface area contributed by atoms with Crippen molar-refractivity contribution in [2.45, 2.75) is 32.2 Å². The number of nitriles is 1. The molecular weight excluding hydrogens is 280 g/mol. The van der Waals surface area contributed by atoms with Gasteiger partial charge in [0.1, 0.15) is 10.9 Å². The summed E-state index contributed by atoms with van der Waals surface area (Å²) in [6.07, 6.45) is 4.17. The zero-order chi connectivity index (χ0) is 14.8. The zero-order valence-corrected chi connectivity index (χ0v) is 12.9. The molecule has 0 amide bonds. The fourth-order valence-corrected chi connectivity index (χ4v) is 3.71. The lowest BCUT2D eigenvalue weighted by atomic mass is 10.1. The summed E-state index contributed by atoms with van der Waals surface area (Å²) in [4.78, 5) is 7.32. The number of aromatic nitrogens is 1. The van der Waals surface area contributed by atoms with Crippen molar-refractivity contribution in [3.63, 3.8) is 0 Å². The molecule has 0 aliphatic heterocycles. The maximum atomic E-state index is 9.25. The van der Waals surface area contributed by atoms with Crippen LogP contribution in [0.2, 0.25) is 0 Å². The second-order valence-electron chi connectivity index (χ2n) is 5.29. The van der Waals surface area contributed by atoms with Crippen molar-refractivity contribution in [3.8, 4) is 6.07 Å². The summed E-state index contributed by atoms with van der Waals surface area (Å²) in [5.74, 6) is 0.538. The molecule has 1 aliphatic carbocycles. The van der Waals surface area contributed by atoms with Gasteiger partial charge in [-0.1, -0.05) is 6.07 Å². The Kier molecular flexibility index (Phi) is 3.80. The van der Waals surface area contributed by atoms with Crippen LogP contribution in [0.25, 0.3) is 0 Å². The van der Waals surface area contributed by atoms with Crippen LogP contribution in [-0.2, 0) is 6.54 Å². The number of nitrogens with two attached hydrogens (primary N) is 1. The maximum Gasteiger partial charge on any atom is 0.130 e. The third-order valence-electron chi connectivity index (χ3n) is 3.80. The molecular formula is C16H18N4S. The molecule has 5 heteroatoms. The van der Waals surface area contributed by atoms with E-state index in [9.17, 15) is 5.26 Å². The molecule has 2 N–H and O–H groups in total. The van der Waals surface area contributed by atoms with E-state index < -0.39 is 0 Å². The minimum Gasteiger partial charge on any atom is -0.397 e. The second kappa shape index (κ2) is 5.74. The summed E-state index contributed by atoms with van der Waals surface area (Å²) in [6.45, 7) is 3.75. The molecule has 3 rings (SSSR count). The van der Waals surface area contributed by atoms with Crippen molar-refractivity contribution < 1.29 is 0 Å². The molecule has 108 valence electrons. The van der Waals surface area contributed by atoms with Crippen molar-refractivity contribution in [1.82, 2.24) is 4.98 Å². The first-order chi connectivity index (χ1) is 10.2. The highest BCUT2D eigenvalue weighted by Gasteiger charge is 2.33. The van der Waals surface area contributed by atoms with Crippen LogP contribution in [0, 0.1) is 11.3 Å². The van der Waals surface area contributed by atoms with Gasteiger partial charge < -0.3 is 10.6 Å². The van der Waals surface area contributed by atoms with Crippen molar-refractivity contribution in [2.24, 2.45) is 0 Å². The molecule has 1 fully saturated rings. The van der Waals surface area contributed by atoms with E-state index in [1.807, 2.05) is 24.4 Å². The molecule has 0 unspecified atom stereocenters. The minimum absolute atomic E-state index is 0.538. The van der Waals surface area contributed by atoms with E-state index in [1.165, 1.54) is 29.7 Å². The number of nitrogen functional groups attached to an aromatic ring is 1. The number of thiophene rings is 1. The van der Waals surface area contributed by atoms with Crippen LogP contribution in [0.4, 0.5) is 10.7 Å². The van der Waals surface area contributed by atoms with Crippen LogP contribution < -0.4 is 10.6 Å². The molecule has 2 aromatic rings. The lowest BCUT2D eigenvalue weighted by Gasteiger charge is -2.22. The first-order valence-electron chi connectivity index (χ1n) is 7.21. The Balaban J connectivity index is 1.95. The van der Waals surface area contributed by atoms with Gasteiger partial charge >= 0.3 is 0 Å². The van der Waals surface area contributed by atoms with Crippen molar-refractivity contribution in [2.75, 3.05) is 17.2 Å². The number of nitrogens with zero attached hydrogens (tertiary/aromatic N) is 3. The van der Waals surface area contributed by atoms with Crippen LogP contribution in [-0.4, -0.2) is 11.5 Å². The van der Waals surface area contributed by atoms with E-state index in [1.54, 1.807) is 0 Å². The van der Waals surface area contributed by atoms with Crippen LogP contribution in [0.15, 0.2) is 24.4 Å². The van der Waals surface area contributed by atoms with Gasteiger partial charge in [-0.15, -0.1) is 11.3 Å². The Hall–Kier alpha value is -2.06. The monoisotopic (exact) mass is 298 g/mol. The molecule has 0 bridgehead atoms. The van der Waals surface area contributed by atoms with Crippen LogP contribution >= 0.6 is 11.3 Å². The van der Waals surface area contributed by atoms with Gasteiger partial charge in [-0.25, -0.2) is 0 Å². The predicted octanol–water partition coefficient (Wildman–Crippen LogP) is 3.50. The summed E-state index contributed by atoms with van der Waals surface area (Å²) >= 11 is 1.52. The molecule has 2 aromatic heterocycles. The Morgan fingerprint density at radius 1 is 1.48 bits per heavy atom. The van der Waals surface area contributed by atoms with Crippen LogP contribution in [0.3, 0.4) is 0 Å². The van der Waals surface area contributed by atoms with Gasteiger partial charge in [0.2, 0.25) is 0 Å². The standard InChI is InChI=1S/C16H18N4S/c1-2-20(10-12-5-3-4-8-19-12)16-14(11-6-7-11)15(18)13(9-17)21-16/h3-5,8,11H,2,6-7,10,18H2,1H3. The third-order valence-corrected chi connectivity index (χ3v) is 4.99. The van der Waals surface area contributed by atoms with E-state index >= 15 is 0 Å². The lowest BCUT2D eigenvalue weighted by molar-refractivity contribution is 0.811. The highest BCUT2D eigenvalue weighted by Crippen LogP contribution is 2.51. The molecule has 0 saturated heterocycles. The highest BCUT2D eigenvalue weighted by molar-refractivity contribution is 7.17. The number of pyridine rings is 1. The molecule has 2 heterocycles. The molecule has 0 aromatic carbocycles. The van der Waals surface area contributed by atoms with Gasteiger partial charge in [-0.3, -0.25) is 4.98 Å². The van der Waals surface area contributed by atoms with Crippen molar-refractivity contribution in [3.05, 3.63) is 40.5 Å². The Morgan fingerprint density at radius 3 is 2.86 bits per heavy atom. The topological polar surface area (TPSA) is 65.9 Å². The van der Waals surface area contributed by atoms with Gasteiger partial charge in [0.25, 0.3) is 0 Å². The molecule has 1 saturated carbocycles. The Morgan fingerprint density at radius 2 is 2.29 bits per heavy atom. The second-order valence-corrected chi connectivity index (χ2v) is 6.28. The normalized spacial score (nSPS) is 13.9. The number of hydrogen-bond donors (Lipinski definition) is 1. The first kappa shape index (κ1) is 13.9. The number of hydrogen-bond acceptors (Lipinski definition) is 5. The molecule has 0 spiro atoms. The van der Waals surface area contributed by atoms with E-state index in [4.69, 9.17) is 5.73 Å². The molecule has 4 nitrogen and oxygen atoms in total. The first-order valence-corrected chi connectivity index (χ1v) is 8.03. The fourth-order valence-electron chi connectivity index (χ4n) is 2.54. The Bertz CT molecular complexity index is 668. The molecule has 0 radical (unpaired) electrons. The largest absolute Gasteiger partial charge is 0.397 e. The molecule has 1 aliphatic rings. The SMILES string of the molecule is CCN(Cc1ccccn1)c1sc(C#N)c(N)c1C1CC1. The summed E-state index contributed by atoms with van der Waals surface area (Å²) in [7, 11) is 0. The highest BCUT2D eigenvalue weighted by atomic mass is 32.1. The Labute approximate surface area is 128 Å². The predicted molar refractivity (Wildman–Crippen MR) is 86.4 cm³/mol. The van der Waals surface area contributed by atoms with E-state index in [-0.39, 0.29) is 0 Å². The summed E-state index contributed by atoms with van der Waals surface area (Å²) < 4.78 is 0. The van der Waals surface area contributed by atoms with Crippen molar-refractivity contribution >= 4 is 22.0 Å². The van der Waals surface area contributed by atoms with Gasteiger partial charge in [-0.2, -0.15) is 5.26 Å². The van der Waals surface area contributed by atoms with E-state index in [0.29, 0.717) is 16.5 Å². The van der Waals surface area contributed by atoms with Gasteiger partial charge in [-0.05, 0) is 37.8 Å². The average Bonchev–Trinajstić information content (AvgIpc) is 3.29. The van der Waals surface area contributed by atoms with Crippen molar-refractivity contribution in [1.29, 1.82) is 5.26 Å². The maximum absolute atomic E-state index is 9.25. The molecule has 21 heavy (non-hydrogen) atoms. The zero-order valence-electron chi connectivity index (χ0n) is 12.0. The number of anilines is 2. The molecule has 0 atom stereocenters. The summed E-state index contributed by atoms with van der Waals surface area (Å²) in [5, 5.41) is 10.4. The van der Waals surface area contributed by atoms with E-state index in [0.717, 1.165) is 23.8 Å². The van der Waals surface area contributed by atoms with Gasteiger partial charge in [0.15, 0.2) is 0 Å². The number of rotatable bonds is 5. The quantitative estimate of drug-likeness (QED) is 0.917. The summed E-state index contributed by atoms with van der Waals surface area (Å²) in [5.41, 5.74) is 9.10. The fraction of sp³-hybridized carbons (Fsp3) is 0.375. The van der Waals surface area contributed by atoms with Crippen LogP contribution in [0.5, 0.6) is 0 Å². The third kappa shape index (κ3) is 2.72. The smallest absolute Gasteiger partial charge is 0.130 e.